The Morgan fingerprint density at radius 3 is 2.60 bits per heavy atom. The minimum atomic E-state index is -0.152. The Balaban J connectivity index is 2.67. The van der Waals surface area contributed by atoms with Crippen LogP contribution >= 0.6 is 15.9 Å². The second kappa shape index (κ2) is 8.43. The van der Waals surface area contributed by atoms with Crippen LogP contribution in [-0.2, 0) is 6.54 Å². The van der Waals surface area contributed by atoms with Crippen LogP contribution in [0, 0.1) is 0 Å². The number of carbonyl (C=O) groups excluding carboxylic acids is 1. The molecule has 20 heavy (non-hydrogen) atoms. The molecule has 0 spiro atoms. The summed E-state index contributed by atoms with van der Waals surface area (Å²) >= 11 is 3.21. The van der Waals surface area contributed by atoms with Crippen LogP contribution in [0.3, 0.4) is 0 Å². The minimum Gasteiger partial charge on any atom is -0.497 e. The lowest BCUT2D eigenvalue weighted by atomic mass is 10.2. The Bertz CT molecular complexity index is 471. The van der Waals surface area contributed by atoms with Gasteiger partial charge in [0.15, 0.2) is 0 Å². The fourth-order valence-electron chi connectivity index (χ4n) is 1.61. The summed E-state index contributed by atoms with van der Waals surface area (Å²) in [5.74, 6) is 0.795. The average molecular weight is 339 g/mol. The molecule has 108 valence electrons. The largest absolute Gasteiger partial charge is 0.497 e. The van der Waals surface area contributed by atoms with Gasteiger partial charge in [-0.05, 0) is 17.7 Å². The van der Waals surface area contributed by atoms with Crippen LogP contribution in [0.5, 0.6) is 5.75 Å². The summed E-state index contributed by atoms with van der Waals surface area (Å²) < 4.78 is 5.84. The van der Waals surface area contributed by atoms with E-state index in [-0.39, 0.29) is 6.03 Å². The van der Waals surface area contributed by atoms with E-state index in [0.29, 0.717) is 19.6 Å². The van der Waals surface area contributed by atoms with Gasteiger partial charge in [0.05, 0.1) is 13.7 Å². The number of nitrogens with zero attached hydrogens (tertiary/aromatic N) is 1. The first kappa shape index (κ1) is 16.3. The third-order valence-electron chi connectivity index (χ3n) is 2.60. The van der Waals surface area contributed by atoms with Crippen LogP contribution < -0.4 is 10.1 Å². The number of benzene rings is 1. The van der Waals surface area contributed by atoms with E-state index in [4.69, 9.17) is 4.74 Å². The molecule has 0 saturated heterocycles. The zero-order chi connectivity index (χ0) is 15.0. The van der Waals surface area contributed by atoms with E-state index in [1.54, 1.807) is 18.1 Å². The van der Waals surface area contributed by atoms with Crippen LogP contribution in [0.4, 0.5) is 4.79 Å². The van der Waals surface area contributed by atoms with Crippen molar-refractivity contribution in [1.29, 1.82) is 0 Å². The maximum atomic E-state index is 12.0. The quantitative estimate of drug-likeness (QED) is 0.775. The van der Waals surface area contributed by atoms with Crippen LogP contribution in [0.25, 0.3) is 0 Å². The Kier molecular flexibility index (Phi) is 6.87. The third-order valence-corrected chi connectivity index (χ3v) is 2.88. The molecule has 0 aromatic heterocycles. The molecule has 0 radical (unpaired) electrons. The predicted molar refractivity (Wildman–Crippen MR) is 85.1 cm³/mol. The molecular formula is C15H19BrN2O2. The van der Waals surface area contributed by atoms with Gasteiger partial charge < -0.3 is 15.0 Å². The summed E-state index contributed by atoms with van der Waals surface area (Å²) in [4.78, 5) is 13.7. The highest BCUT2D eigenvalue weighted by Gasteiger charge is 2.12. The topological polar surface area (TPSA) is 41.6 Å². The first-order valence-electron chi connectivity index (χ1n) is 6.16. The minimum absolute atomic E-state index is 0.152. The van der Waals surface area contributed by atoms with Crippen molar-refractivity contribution in [2.45, 2.75) is 6.54 Å². The van der Waals surface area contributed by atoms with Crippen molar-refractivity contribution in [3.05, 3.63) is 53.5 Å². The highest BCUT2D eigenvalue weighted by molar-refractivity contribution is 9.11. The molecule has 0 aliphatic rings. The molecule has 0 heterocycles. The van der Waals surface area contributed by atoms with Crippen LogP contribution in [0.15, 0.2) is 48.0 Å². The Labute approximate surface area is 128 Å². The average Bonchev–Trinajstić information content (AvgIpc) is 2.45. The van der Waals surface area contributed by atoms with Crippen molar-refractivity contribution >= 4 is 22.0 Å². The Morgan fingerprint density at radius 1 is 1.45 bits per heavy atom. The number of urea groups is 1. The monoisotopic (exact) mass is 338 g/mol. The zero-order valence-corrected chi connectivity index (χ0v) is 13.1. The van der Waals surface area contributed by atoms with E-state index in [0.717, 1.165) is 15.8 Å². The Morgan fingerprint density at radius 2 is 2.10 bits per heavy atom. The highest BCUT2D eigenvalue weighted by Crippen LogP contribution is 2.13. The number of methoxy groups -OCH3 is 1. The number of hydrogen-bond donors (Lipinski definition) is 1. The van der Waals surface area contributed by atoms with Crippen LogP contribution in [0.1, 0.15) is 5.56 Å². The lowest BCUT2D eigenvalue weighted by molar-refractivity contribution is 0.202. The molecule has 0 saturated carbocycles. The third kappa shape index (κ3) is 5.48. The number of rotatable bonds is 7. The summed E-state index contributed by atoms with van der Waals surface area (Å²) in [7, 11) is 1.62. The van der Waals surface area contributed by atoms with Gasteiger partial charge in [0.25, 0.3) is 0 Å². The number of amides is 2. The summed E-state index contributed by atoms with van der Waals surface area (Å²) in [5, 5.41) is 2.78. The maximum absolute atomic E-state index is 12.0. The van der Waals surface area contributed by atoms with Crippen molar-refractivity contribution in [1.82, 2.24) is 10.2 Å². The number of ether oxygens (including phenoxy) is 1. The smallest absolute Gasteiger partial charge is 0.318 e. The molecule has 1 aromatic carbocycles. The molecule has 0 fully saturated rings. The second-order valence-electron chi connectivity index (χ2n) is 4.19. The molecule has 0 bridgehead atoms. The fourth-order valence-corrected chi connectivity index (χ4v) is 1.75. The first-order chi connectivity index (χ1) is 9.56. The summed E-state index contributed by atoms with van der Waals surface area (Å²) in [6.45, 7) is 8.75. The molecule has 0 aliphatic carbocycles. The molecule has 0 aliphatic heterocycles. The van der Waals surface area contributed by atoms with Gasteiger partial charge in [0, 0.05) is 17.6 Å². The fraction of sp³-hybridized carbons (Fsp3) is 0.267. The van der Waals surface area contributed by atoms with Crippen molar-refractivity contribution in [3.63, 3.8) is 0 Å². The van der Waals surface area contributed by atoms with Crippen molar-refractivity contribution in [3.8, 4) is 5.75 Å². The standard InChI is InChI=1S/C15H19BrN2O2/c1-4-9-18(15(19)17-10-12(2)16)11-13-5-7-14(20-3)8-6-13/h4-8H,1-2,9-11H2,3H3,(H,17,19). The van der Waals surface area contributed by atoms with Crippen LogP contribution in [-0.4, -0.2) is 31.1 Å². The molecule has 5 heteroatoms. The van der Waals surface area contributed by atoms with Gasteiger partial charge in [-0.2, -0.15) is 0 Å². The first-order valence-corrected chi connectivity index (χ1v) is 6.96. The van der Waals surface area contributed by atoms with E-state index >= 15 is 0 Å². The predicted octanol–water partition coefficient (Wildman–Crippen LogP) is 3.30. The van der Waals surface area contributed by atoms with E-state index in [1.165, 1.54) is 0 Å². The molecule has 2 amide bonds. The molecule has 4 nitrogen and oxygen atoms in total. The van der Waals surface area contributed by atoms with Gasteiger partial charge in [-0.15, -0.1) is 6.58 Å². The van der Waals surface area contributed by atoms with E-state index < -0.39 is 0 Å². The molecular weight excluding hydrogens is 320 g/mol. The molecule has 1 N–H and O–H groups in total. The van der Waals surface area contributed by atoms with E-state index in [2.05, 4.69) is 34.4 Å². The molecule has 1 rings (SSSR count). The summed E-state index contributed by atoms with van der Waals surface area (Å²) in [6, 6.07) is 7.47. The number of carbonyl (C=O) groups is 1. The van der Waals surface area contributed by atoms with Gasteiger partial charge in [0.1, 0.15) is 5.75 Å². The van der Waals surface area contributed by atoms with Crippen molar-refractivity contribution in [2.75, 3.05) is 20.2 Å². The molecule has 1 aromatic rings. The van der Waals surface area contributed by atoms with Gasteiger partial charge >= 0.3 is 6.03 Å². The lowest BCUT2D eigenvalue weighted by Crippen LogP contribution is -2.40. The summed E-state index contributed by atoms with van der Waals surface area (Å²) in [5.41, 5.74) is 1.03. The van der Waals surface area contributed by atoms with Gasteiger partial charge in [0.2, 0.25) is 0 Å². The normalized spacial score (nSPS) is 9.70. The maximum Gasteiger partial charge on any atom is 0.318 e. The highest BCUT2D eigenvalue weighted by atomic mass is 79.9. The lowest BCUT2D eigenvalue weighted by Gasteiger charge is -2.21. The molecule has 0 unspecified atom stereocenters. The van der Waals surface area contributed by atoms with Gasteiger partial charge in [-0.3, -0.25) is 0 Å². The van der Waals surface area contributed by atoms with Gasteiger partial charge in [-0.1, -0.05) is 40.7 Å². The number of nitrogens with one attached hydrogen (secondary N) is 1. The molecule has 0 atom stereocenters. The van der Waals surface area contributed by atoms with Crippen molar-refractivity contribution < 1.29 is 9.53 Å². The Hall–Kier alpha value is -1.75. The number of halogens is 1. The van der Waals surface area contributed by atoms with E-state index in [1.807, 2.05) is 24.3 Å². The second-order valence-corrected chi connectivity index (χ2v) is 5.31. The van der Waals surface area contributed by atoms with E-state index in [9.17, 15) is 4.79 Å². The van der Waals surface area contributed by atoms with Crippen molar-refractivity contribution in [2.24, 2.45) is 0 Å². The summed E-state index contributed by atoms with van der Waals surface area (Å²) in [6.07, 6.45) is 1.70. The number of hydrogen-bond acceptors (Lipinski definition) is 2. The van der Waals surface area contributed by atoms with Gasteiger partial charge in [-0.25, -0.2) is 4.79 Å². The zero-order valence-electron chi connectivity index (χ0n) is 11.6. The SMILES string of the molecule is C=CCN(Cc1ccc(OC)cc1)C(=O)NCC(=C)Br. The van der Waals surface area contributed by atoms with Crippen LogP contribution in [0.2, 0.25) is 0 Å².